The summed E-state index contributed by atoms with van der Waals surface area (Å²) in [4.78, 5) is 14.6. The van der Waals surface area contributed by atoms with E-state index in [-0.39, 0.29) is 11.7 Å². The van der Waals surface area contributed by atoms with Gasteiger partial charge < -0.3 is 5.32 Å². The predicted octanol–water partition coefficient (Wildman–Crippen LogP) is 3.97. The molecule has 0 unspecified atom stereocenters. The van der Waals surface area contributed by atoms with Gasteiger partial charge in [-0.3, -0.25) is 9.69 Å². The van der Waals surface area contributed by atoms with Gasteiger partial charge >= 0.3 is 0 Å². The van der Waals surface area contributed by atoms with Crippen LogP contribution in [0.1, 0.15) is 29.5 Å². The van der Waals surface area contributed by atoms with Crippen LogP contribution in [0.25, 0.3) is 0 Å². The van der Waals surface area contributed by atoms with Crippen molar-refractivity contribution >= 4 is 17.7 Å². The number of carbonyl (C=O) groups excluding carboxylic acids is 1. The molecule has 1 amide bonds. The minimum atomic E-state index is -0.212. The Morgan fingerprint density at radius 2 is 1.65 bits per heavy atom. The van der Waals surface area contributed by atoms with Crippen molar-refractivity contribution in [3.8, 4) is 0 Å². The first-order valence-corrected chi connectivity index (χ1v) is 10.2. The third-order valence-electron chi connectivity index (χ3n) is 4.64. The van der Waals surface area contributed by atoms with Gasteiger partial charge in [0.2, 0.25) is 5.91 Å². The third-order valence-corrected chi connectivity index (χ3v) is 5.62. The number of carbonyl (C=O) groups is 1. The van der Waals surface area contributed by atoms with E-state index in [4.69, 9.17) is 0 Å². The van der Waals surface area contributed by atoms with Crippen molar-refractivity contribution in [3.63, 3.8) is 0 Å². The number of hydrogen-bond acceptors (Lipinski definition) is 3. The van der Waals surface area contributed by atoms with E-state index in [1.165, 1.54) is 41.8 Å². The van der Waals surface area contributed by atoms with E-state index in [0.717, 1.165) is 19.6 Å². The molecule has 1 aliphatic heterocycles. The van der Waals surface area contributed by atoms with Crippen molar-refractivity contribution in [2.75, 3.05) is 18.8 Å². The molecule has 1 heterocycles. The Bertz CT molecular complexity index is 731. The van der Waals surface area contributed by atoms with Crippen LogP contribution in [-0.4, -0.2) is 29.6 Å². The van der Waals surface area contributed by atoms with Gasteiger partial charge in [0.1, 0.15) is 5.82 Å². The van der Waals surface area contributed by atoms with Gasteiger partial charge in [-0.15, -0.1) is 11.8 Å². The fourth-order valence-corrected chi connectivity index (χ4v) is 4.02. The Morgan fingerprint density at radius 3 is 2.38 bits per heavy atom. The zero-order chi connectivity index (χ0) is 18.2. The highest BCUT2D eigenvalue weighted by Crippen LogP contribution is 2.17. The van der Waals surface area contributed by atoms with E-state index >= 15 is 0 Å². The van der Waals surface area contributed by atoms with Crippen molar-refractivity contribution < 1.29 is 9.18 Å². The SMILES string of the molecule is O=C(CSCc1ccccc1F)NCc1ccccc1CN1CCCC1. The summed E-state index contributed by atoms with van der Waals surface area (Å²) in [5.41, 5.74) is 3.10. The molecule has 1 aliphatic rings. The van der Waals surface area contributed by atoms with Gasteiger partial charge in [-0.1, -0.05) is 42.5 Å². The van der Waals surface area contributed by atoms with Crippen LogP contribution >= 0.6 is 11.8 Å². The molecule has 0 spiro atoms. The Hall–Kier alpha value is -1.85. The summed E-state index contributed by atoms with van der Waals surface area (Å²) in [5, 5.41) is 2.99. The summed E-state index contributed by atoms with van der Waals surface area (Å²) in [6.07, 6.45) is 2.55. The molecule has 138 valence electrons. The smallest absolute Gasteiger partial charge is 0.230 e. The Kier molecular flexibility index (Phi) is 7.09. The van der Waals surface area contributed by atoms with E-state index in [0.29, 0.717) is 23.6 Å². The number of rotatable bonds is 8. The molecule has 26 heavy (non-hydrogen) atoms. The first-order valence-electron chi connectivity index (χ1n) is 9.09. The average Bonchev–Trinajstić information content (AvgIpc) is 3.16. The second-order valence-electron chi connectivity index (χ2n) is 6.61. The fraction of sp³-hybridized carbons (Fsp3) is 0.381. The van der Waals surface area contributed by atoms with E-state index in [9.17, 15) is 9.18 Å². The number of halogens is 1. The number of amides is 1. The van der Waals surface area contributed by atoms with Crippen LogP contribution in [0.15, 0.2) is 48.5 Å². The zero-order valence-corrected chi connectivity index (χ0v) is 15.7. The number of hydrogen-bond donors (Lipinski definition) is 1. The van der Waals surface area contributed by atoms with Gasteiger partial charge in [0.25, 0.3) is 0 Å². The lowest BCUT2D eigenvalue weighted by Crippen LogP contribution is -2.26. The number of nitrogens with zero attached hydrogens (tertiary/aromatic N) is 1. The number of nitrogens with one attached hydrogen (secondary N) is 1. The van der Waals surface area contributed by atoms with Crippen molar-refractivity contribution in [1.29, 1.82) is 0 Å². The first kappa shape index (κ1) is 18.9. The molecule has 0 aliphatic carbocycles. The fourth-order valence-electron chi connectivity index (χ4n) is 3.18. The van der Waals surface area contributed by atoms with Crippen LogP contribution in [0.3, 0.4) is 0 Å². The Balaban J connectivity index is 1.45. The number of thioether (sulfide) groups is 1. The summed E-state index contributed by atoms with van der Waals surface area (Å²) < 4.78 is 13.6. The number of likely N-dealkylation sites (tertiary alicyclic amines) is 1. The second-order valence-corrected chi connectivity index (χ2v) is 7.60. The highest BCUT2D eigenvalue weighted by Gasteiger charge is 2.14. The molecule has 3 rings (SSSR count). The lowest BCUT2D eigenvalue weighted by molar-refractivity contribution is -0.118. The average molecular weight is 373 g/mol. The molecule has 2 aromatic carbocycles. The quantitative estimate of drug-likeness (QED) is 0.761. The highest BCUT2D eigenvalue weighted by molar-refractivity contribution is 7.99. The highest BCUT2D eigenvalue weighted by atomic mass is 32.2. The van der Waals surface area contributed by atoms with Crippen LogP contribution in [-0.2, 0) is 23.6 Å². The maximum Gasteiger partial charge on any atom is 0.230 e. The van der Waals surface area contributed by atoms with E-state index in [1.54, 1.807) is 12.1 Å². The molecular formula is C21H25FN2OS. The summed E-state index contributed by atoms with van der Waals surface area (Å²) >= 11 is 1.43. The molecule has 3 nitrogen and oxygen atoms in total. The third kappa shape index (κ3) is 5.58. The minimum Gasteiger partial charge on any atom is -0.351 e. The van der Waals surface area contributed by atoms with Gasteiger partial charge in [0.15, 0.2) is 0 Å². The second kappa shape index (κ2) is 9.74. The van der Waals surface area contributed by atoms with Crippen LogP contribution in [0.5, 0.6) is 0 Å². The summed E-state index contributed by atoms with van der Waals surface area (Å²) in [5.74, 6) is 0.618. The molecule has 2 aromatic rings. The molecular weight excluding hydrogens is 347 g/mol. The van der Waals surface area contributed by atoms with Gasteiger partial charge in [0, 0.05) is 18.8 Å². The lowest BCUT2D eigenvalue weighted by Gasteiger charge is -2.17. The molecule has 0 aromatic heterocycles. The molecule has 0 radical (unpaired) electrons. The normalized spacial score (nSPS) is 14.5. The van der Waals surface area contributed by atoms with E-state index < -0.39 is 0 Å². The molecule has 1 N–H and O–H groups in total. The molecule has 0 atom stereocenters. The topological polar surface area (TPSA) is 32.3 Å². The monoisotopic (exact) mass is 372 g/mol. The summed E-state index contributed by atoms with van der Waals surface area (Å²) in [7, 11) is 0. The van der Waals surface area contributed by atoms with Gasteiger partial charge in [-0.2, -0.15) is 0 Å². The van der Waals surface area contributed by atoms with Gasteiger partial charge in [-0.05, 0) is 48.7 Å². The standard InChI is InChI=1S/C21H25FN2OS/c22-20-10-4-3-9-19(20)15-26-16-21(25)23-13-17-7-1-2-8-18(17)14-24-11-5-6-12-24/h1-4,7-10H,5-6,11-16H2,(H,23,25). The zero-order valence-electron chi connectivity index (χ0n) is 14.9. The van der Waals surface area contributed by atoms with Gasteiger partial charge in [-0.25, -0.2) is 4.39 Å². The van der Waals surface area contributed by atoms with Crippen molar-refractivity contribution in [2.45, 2.75) is 31.7 Å². The lowest BCUT2D eigenvalue weighted by atomic mass is 10.1. The maximum atomic E-state index is 13.6. The Morgan fingerprint density at radius 1 is 1.00 bits per heavy atom. The Labute approximate surface area is 159 Å². The van der Waals surface area contributed by atoms with Gasteiger partial charge in [0.05, 0.1) is 5.75 Å². The largest absolute Gasteiger partial charge is 0.351 e. The molecule has 5 heteroatoms. The predicted molar refractivity (Wildman–Crippen MR) is 105 cm³/mol. The molecule has 0 bridgehead atoms. The van der Waals surface area contributed by atoms with E-state index in [2.05, 4.69) is 28.4 Å². The minimum absolute atomic E-state index is 0.0117. The first-order chi connectivity index (χ1) is 12.7. The molecule has 1 saturated heterocycles. The van der Waals surface area contributed by atoms with Crippen molar-refractivity contribution in [2.24, 2.45) is 0 Å². The van der Waals surface area contributed by atoms with Crippen LogP contribution < -0.4 is 5.32 Å². The van der Waals surface area contributed by atoms with Crippen LogP contribution in [0.4, 0.5) is 4.39 Å². The summed E-state index contributed by atoms with van der Waals surface area (Å²) in [6.45, 7) is 3.82. The molecule has 0 saturated carbocycles. The van der Waals surface area contributed by atoms with E-state index in [1.807, 2.05) is 12.1 Å². The van der Waals surface area contributed by atoms with Crippen molar-refractivity contribution in [3.05, 3.63) is 71.0 Å². The molecule has 1 fully saturated rings. The number of benzene rings is 2. The summed E-state index contributed by atoms with van der Waals surface area (Å²) in [6, 6.07) is 15.0. The van der Waals surface area contributed by atoms with Crippen molar-refractivity contribution in [1.82, 2.24) is 10.2 Å². The maximum absolute atomic E-state index is 13.6. The van der Waals surface area contributed by atoms with Crippen LogP contribution in [0, 0.1) is 5.82 Å². The van der Waals surface area contributed by atoms with Crippen LogP contribution in [0.2, 0.25) is 0 Å².